The molecule has 1 aromatic carbocycles. The standard InChI is InChI=1S/C13H16Cl2N2O2/c1-6(13(16)19)7-4-9(17-5-7)11-10(18)3-2-8(14)12(11)15/h2-3,6-7,9,17-18H,4-5H2,1H3,(H2,16,19). The Balaban J connectivity index is 2.22. The van der Waals surface area contributed by atoms with Gasteiger partial charge in [0.15, 0.2) is 0 Å². The fourth-order valence-electron chi connectivity index (χ4n) is 2.48. The molecule has 1 saturated heterocycles. The van der Waals surface area contributed by atoms with Gasteiger partial charge in [-0.15, -0.1) is 0 Å². The number of primary amides is 1. The predicted molar refractivity (Wildman–Crippen MR) is 75.3 cm³/mol. The summed E-state index contributed by atoms with van der Waals surface area (Å²) in [6, 6.07) is 2.97. The van der Waals surface area contributed by atoms with Gasteiger partial charge in [-0.05, 0) is 31.0 Å². The SMILES string of the molecule is CC(C(N)=O)C1CNC(c2c(O)ccc(Cl)c2Cl)C1. The van der Waals surface area contributed by atoms with E-state index in [-0.39, 0.29) is 29.5 Å². The van der Waals surface area contributed by atoms with Gasteiger partial charge >= 0.3 is 0 Å². The highest BCUT2D eigenvalue weighted by molar-refractivity contribution is 6.42. The first-order chi connectivity index (χ1) is 8.91. The molecule has 4 N–H and O–H groups in total. The van der Waals surface area contributed by atoms with Crippen LogP contribution in [0.5, 0.6) is 5.75 Å². The molecule has 1 amide bonds. The van der Waals surface area contributed by atoms with Crippen LogP contribution in [0, 0.1) is 11.8 Å². The number of hydrogen-bond acceptors (Lipinski definition) is 3. The van der Waals surface area contributed by atoms with Gasteiger partial charge < -0.3 is 16.2 Å². The molecule has 104 valence electrons. The van der Waals surface area contributed by atoms with E-state index in [4.69, 9.17) is 28.9 Å². The summed E-state index contributed by atoms with van der Waals surface area (Å²) in [7, 11) is 0. The van der Waals surface area contributed by atoms with E-state index in [2.05, 4.69) is 5.32 Å². The number of nitrogens with one attached hydrogen (secondary N) is 1. The summed E-state index contributed by atoms with van der Waals surface area (Å²) >= 11 is 12.1. The first-order valence-electron chi connectivity index (χ1n) is 6.11. The van der Waals surface area contributed by atoms with Crippen LogP contribution < -0.4 is 11.1 Å². The maximum absolute atomic E-state index is 11.2. The number of aromatic hydroxyl groups is 1. The summed E-state index contributed by atoms with van der Waals surface area (Å²) in [4.78, 5) is 11.2. The van der Waals surface area contributed by atoms with Crippen molar-refractivity contribution in [3.05, 3.63) is 27.7 Å². The van der Waals surface area contributed by atoms with Crippen molar-refractivity contribution in [3.63, 3.8) is 0 Å². The molecule has 1 fully saturated rings. The van der Waals surface area contributed by atoms with Crippen molar-refractivity contribution in [2.24, 2.45) is 17.6 Å². The lowest BCUT2D eigenvalue weighted by Crippen LogP contribution is -2.28. The van der Waals surface area contributed by atoms with Crippen molar-refractivity contribution in [1.29, 1.82) is 0 Å². The molecule has 3 atom stereocenters. The number of carbonyl (C=O) groups is 1. The summed E-state index contributed by atoms with van der Waals surface area (Å²) in [6.07, 6.45) is 0.692. The lowest BCUT2D eigenvalue weighted by Gasteiger charge is -2.17. The minimum absolute atomic E-state index is 0.110. The Morgan fingerprint density at radius 2 is 2.21 bits per heavy atom. The maximum Gasteiger partial charge on any atom is 0.220 e. The zero-order chi connectivity index (χ0) is 14.2. The number of carbonyl (C=O) groups excluding carboxylic acids is 1. The summed E-state index contributed by atoms with van der Waals surface area (Å²) in [5.41, 5.74) is 5.91. The molecule has 1 aliphatic rings. The quantitative estimate of drug-likeness (QED) is 0.803. The molecule has 1 aromatic rings. The van der Waals surface area contributed by atoms with Crippen LogP contribution in [-0.2, 0) is 4.79 Å². The third-order valence-electron chi connectivity index (χ3n) is 3.78. The Labute approximate surface area is 121 Å². The number of nitrogens with two attached hydrogens (primary N) is 1. The van der Waals surface area contributed by atoms with Crippen molar-refractivity contribution in [1.82, 2.24) is 5.32 Å². The second-order valence-corrected chi connectivity index (χ2v) is 5.73. The van der Waals surface area contributed by atoms with E-state index in [0.29, 0.717) is 28.6 Å². The summed E-state index contributed by atoms with van der Waals surface area (Å²) in [5, 5.41) is 14.0. The first kappa shape index (κ1) is 14.4. The van der Waals surface area contributed by atoms with E-state index in [1.165, 1.54) is 6.07 Å². The van der Waals surface area contributed by atoms with Crippen LogP contribution in [0.15, 0.2) is 12.1 Å². The normalized spacial score (nSPS) is 24.4. The molecule has 0 saturated carbocycles. The zero-order valence-electron chi connectivity index (χ0n) is 10.5. The van der Waals surface area contributed by atoms with Crippen LogP contribution in [0.4, 0.5) is 0 Å². The molecule has 4 nitrogen and oxygen atoms in total. The molecule has 3 unspecified atom stereocenters. The number of rotatable bonds is 3. The van der Waals surface area contributed by atoms with Crippen LogP contribution in [0.25, 0.3) is 0 Å². The van der Waals surface area contributed by atoms with Crippen LogP contribution in [0.3, 0.4) is 0 Å². The highest BCUT2D eigenvalue weighted by Gasteiger charge is 2.33. The molecular weight excluding hydrogens is 287 g/mol. The molecule has 0 aromatic heterocycles. The van der Waals surface area contributed by atoms with Gasteiger partial charge in [0.1, 0.15) is 5.75 Å². The smallest absolute Gasteiger partial charge is 0.220 e. The van der Waals surface area contributed by atoms with Crippen LogP contribution in [0.2, 0.25) is 10.0 Å². The lowest BCUT2D eigenvalue weighted by molar-refractivity contribution is -0.122. The van der Waals surface area contributed by atoms with Gasteiger partial charge in [-0.3, -0.25) is 4.79 Å². The van der Waals surface area contributed by atoms with Gasteiger partial charge in [0, 0.05) is 17.5 Å². The van der Waals surface area contributed by atoms with Crippen molar-refractivity contribution in [2.45, 2.75) is 19.4 Å². The molecule has 0 radical (unpaired) electrons. The van der Waals surface area contributed by atoms with Crippen molar-refractivity contribution < 1.29 is 9.90 Å². The van der Waals surface area contributed by atoms with Crippen molar-refractivity contribution >= 4 is 29.1 Å². The average molecular weight is 303 g/mol. The van der Waals surface area contributed by atoms with Gasteiger partial charge in [-0.2, -0.15) is 0 Å². The highest BCUT2D eigenvalue weighted by Crippen LogP contribution is 2.41. The second kappa shape index (κ2) is 5.57. The Hall–Kier alpha value is -0.970. The van der Waals surface area contributed by atoms with Gasteiger partial charge in [0.25, 0.3) is 0 Å². The molecule has 1 heterocycles. The fraction of sp³-hybridized carbons (Fsp3) is 0.462. The first-order valence-corrected chi connectivity index (χ1v) is 6.87. The van der Waals surface area contributed by atoms with E-state index in [9.17, 15) is 9.90 Å². The van der Waals surface area contributed by atoms with E-state index in [1.807, 2.05) is 6.92 Å². The van der Waals surface area contributed by atoms with Gasteiger partial charge in [-0.1, -0.05) is 30.1 Å². The second-order valence-electron chi connectivity index (χ2n) is 4.94. The molecular formula is C13H16Cl2N2O2. The van der Waals surface area contributed by atoms with Gasteiger partial charge in [-0.25, -0.2) is 0 Å². The van der Waals surface area contributed by atoms with Crippen molar-refractivity contribution in [2.75, 3.05) is 6.54 Å². The van der Waals surface area contributed by atoms with E-state index in [1.54, 1.807) is 6.07 Å². The lowest BCUT2D eigenvalue weighted by atomic mass is 9.89. The topological polar surface area (TPSA) is 75.4 Å². The third kappa shape index (κ3) is 2.81. The molecule has 0 bridgehead atoms. The Morgan fingerprint density at radius 1 is 1.53 bits per heavy atom. The van der Waals surface area contributed by atoms with Crippen LogP contribution >= 0.6 is 23.2 Å². The predicted octanol–water partition coefficient (Wildman–Crippen LogP) is 2.47. The summed E-state index contributed by atoms with van der Waals surface area (Å²) in [6.45, 7) is 2.48. The van der Waals surface area contributed by atoms with E-state index >= 15 is 0 Å². The largest absolute Gasteiger partial charge is 0.508 e. The van der Waals surface area contributed by atoms with Crippen LogP contribution in [-0.4, -0.2) is 17.6 Å². The number of phenols is 1. The van der Waals surface area contributed by atoms with Crippen LogP contribution in [0.1, 0.15) is 24.9 Å². The average Bonchev–Trinajstić information content (AvgIpc) is 2.82. The minimum Gasteiger partial charge on any atom is -0.508 e. The van der Waals surface area contributed by atoms with Crippen molar-refractivity contribution in [3.8, 4) is 5.75 Å². The van der Waals surface area contributed by atoms with E-state index in [0.717, 1.165) is 0 Å². The molecule has 0 aliphatic carbocycles. The Bertz CT molecular complexity index is 508. The van der Waals surface area contributed by atoms with E-state index < -0.39 is 0 Å². The molecule has 0 spiro atoms. The molecule has 2 rings (SSSR count). The molecule has 19 heavy (non-hydrogen) atoms. The number of amides is 1. The van der Waals surface area contributed by atoms with Gasteiger partial charge in [0.2, 0.25) is 5.91 Å². The zero-order valence-corrected chi connectivity index (χ0v) is 12.0. The summed E-state index contributed by atoms with van der Waals surface area (Å²) in [5.74, 6) is -0.275. The third-order valence-corrected chi connectivity index (χ3v) is 4.60. The van der Waals surface area contributed by atoms with Gasteiger partial charge in [0.05, 0.1) is 10.0 Å². The maximum atomic E-state index is 11.2. The number of benzene rings is 1. The highest BCUT2D eigenvalue weighted by atomic mass is 35.5. The molecule has 1 aliphatic heterocycles. The Morgan fingerprint density at radius 3 is 2.84 bits per heavy atom. The summed E-state index contributed by atoms with van der Waals surface area (Å²) < 4.78 is 0. The number of halogens is 2. The minimum atomic E-state index is -0.311. The number of hydrogen-bond donors (Lipinski definition) is 3. The monoisotopic (exact) mass is 302 g/mol. The fourth-order valence-corrected chi connectivity index (χ4v) is 2.94. The number of phenolic OH excluding ortho intramolecular Hbond substituents is 1. The Kier molecular flexibility index (Phi) is 4.23. The molecule has 6 heteroatoms.